The molecule has 3 rings (SSSR count). The van der Waals surface area contributed by atoms with Gasteiger partial charge in [-0.25, -0.2) is 4.79 Å². The van der Waals surface area contributed by atoms with Crippen LogP contribution in [0, 0.1) is 0 Å². The molecule has 0 aromatic heterocycles. The van der Waals surface area contributed by atoms with Crippen molar-refractivity contribution in [2.45, 2.75) is 6.10 Å². The minimum atomic E-state index is -1.06. The van der Waals surface area contributed by atoms with E-state index in [2.05, 4.69) is 0 Å². The lowest BCUT2D eigenvalue weighted by Gasteiger charge is -2.15. The van der Waals surface area contributed by atoms with Crippen LogP contribution in [0.2, 0.25) is 0 Å². The number of methoxy groups -OCH3 is 1. The van der Waals surface area contributed by atoms with E-state index in [1.807, 2.05) is 36.4 Å². The van der Waals surface area contributed by atoms with Crippen molar-refractivity contribution in [3.8, 4) is 11.5 Å². The molecule has 29 heavy (non-hydrogen) atoms. The quantitative estimate of drug-likeness (QED) is 0.547. The summed E-state index contributed by atoms with van der Waals surface area (Å²) in [5.41, 5.74) is 2.01. The number of hydrogen-bond donors (Lipinski definition) is 2. The Bertz CT molecular complexity index is 995. The Hall–Kier alpha value is -3.41. The van der Waals surface area contributed by atoms with Crippen molar-refractivity contribution in [1.82, 2.24) is 0 Å². The molecule has 5 heteroatoms. The third-order valence-electron chi connectivity index (χ3n) is 4.38. The number of carboxylic acids is 1. The molecule has 0 heterocycles. The van der Waals surface area contributed by atoms with Gasteiger partial charge in [-0.1, -0.05) is 60.7 Å². The normalized spacial score (nSPS) is 12.4. The van der Waals surface area contributed by atoms with Gasteiger partial charge < -0.3 is 19.7 Å². The summed E-state index contributed by atoms with van der Waals surface area (Å²) in [6, 6.07) is 23.4. The van der Waals surface area contributed by atoms with Crippen molar-refractivity contribution in [3.05, 3.63) is 102 Å². The maximum absolute atomic E-state index is 11.7. The van der Waals surface area contributed by atoms with E-state index < -0.39 is 12.1 Å². The second-order valence-corrected chi connectivity index (χ2v) is 6.36. The molecule has 0 aliphatic heterocycles. The number of carboxylic acid groups (broad SMARTS) is 1. The molecule has 1 unspecified atom stereocenters. The van der Waals surface area contributed by atoms with E-state index in [1.54, 1.807) is 42.5 Å². The Balaban J connectivity index is 1.91. The highest BCUT2D eigenvalue weighted by molar-refractivity contribution is 6.16. The number of aliphatic carboxylic acids is 1. The standard InChI is InChI=1S/C24H22O5/c1-28-15-14-21(24(26)27)20-12-5-6-13-22(20)29-19-11-7-10-18(16-19)23(25)17-8-3-2-4-9-17/h2-14,16,23,25H,15H2,1H3,(H,26,27)/b21-14+. The number of aliphatic hydroxyl groups excluding tert-OH is 1. The van der Waals surface area contributed by atoms with Crippen LogP contribution in [0.3, 0.4) is 0 Å². The first-order valence-corrected chi connectivity index (χ1v) is 9.12. The van der Waals surface area contributed by atoms with Crippen LogP contribution in [0.1, 0.15) is 22.8 Å². The largest absolute Gasteiger partial charge is 0.478 e. The highest BCUT2D eigenvalue weighted by Gasteiger charge is 2.16. The third kappa shape index (κ3) is 5.10. The van der Waals surface area contributed by atoms with Crippen LogP contribution < -0.4 is 4.74 Å². The number of hydrogen-bond acceptors (Lipinski definition) is 4. The molecule has 0 aliphatic carbocycles. The summed E-state index contributed by atoms with van der Waals surface area (Å²) < 4.78 is 11.0. The van der Waals surface area contributed by atoms with Crippen molar-refractivity contribution in [1.29, 1.82) is 0 Å². The molecule has 0 saturated carbocycles. The van der Waals surface area contributed by atoms with Crippen molar-refractivity contribution in [2.24, 2.45) is 0 Å². The van der Waals surface area contributed by atoms with E-state index in [0.717, 1.165) is 5.56 Å². The fraction of sp³-hybridized carbons (Fsp3) is 0.125. The smallest absolute Gasteiger partial charge is 0.336 e. The molecule has 3 aromatic rings. The number of benzene rings is 3. The van der Waals surface area contributed by atoms with Gasteiger partial charge in [-0.15, -0.1) is 0 Å². The first-order chi connectivity index (χ1) is 14.1. The first kappa shape index (κ1) is 20.3. The van der Waals surface area contributed by atoms with Crippen LogP contribution in [0.15, 0.2) is 84.9 Å². The molecule has 5 nitrogen and oxygen atoms in total. The summed E-state index contributed by atoms with van der Waals surface area (Å²) >= 11 is 0. The van der Waals surface area contributed by atoms with Crippen LogP contribution in [0.4, 0.5) is 0 Å². The van der Waals surface area contributed by atoms with Crippen molar-refractivity contribution in [3.63, 3.8) is 0 Å². The fourth-order valence-electron chi connectivity index (χ4n) is 2.96. The average molecular weight is 390 g/mol. The van der Waals surface area contributed by atoms with E-state index in [4.69, 9.17) is 9.47 Å². The molecule has 0 aliphatic rings. The molecule has 0 bridgehead atoms. The average Bonchev–Trinajstić information content (AvgIpc) is 2.75. The van der Waals surface area contributed by atoms with E-state index in [1.165, 1.54) is 13.2 Å². The predicted molar refractivity (Wildman–Crippen MR) is 111 cm³/mol. The molecular weight excluding hydrogens is 368 g/mol. The van der Waals surface area contributed by atoms with Crippen molar-refractivity contribution in [2.75, 3.05) is 13.7 Å². The predicted octanol–water partition coefficient (Wildman–Crippen LogP) is 4.68. The molecule has 0 saturated heterocycles. The molecule has 1 atom stereocenters. The molecule has 0 amide bonds. The third-order valence-corrected chi connectivity index (χ3v) is 4.38. The summed E-state index contributed by atoms with van der Waals surface area (Å²) in [5, 5.41) is 20.2. The highest BCUT2D eigenvalue weighted by Crippen LogP contribution is 2.32. The van der Waals surface area contributed by atoms with E-state index in [0.29, 0.717) is 22.6 Å². The molecule has 0 radical (unpaired) electrons. The fourth-order valence-corrected chi connectivity index (χ4v) is 2.96. The molecule has 2 N–H and O–H groups in total. The van der Waals surface area contributed by atoms with Gasteiger partial charge in [0.2, 0.25) is 0 Å². The van der Waals surface area contributed by atoms with E-state index in [9.17, 15) is 15.0 Å². The zero-order valence-corrected chi connectivity index (χ0v) is 16.0. The summed E-state index contributed by atoms with van der Waals surface area (Å²) in [4.78, 5) is 11.7. The zero-order valence-electron chi connectivity index (χ0n) is 16.0. The molecule has 148 valence electrons. The maximum atomic E-state index is 11.7. The van der Waals surface area contributed by atoms with Gasteiger partial charge >= 0.3 is 5.97 Å². The maximum Gasteiger partial charge on any atom is 0.336 e. The lowest BCUT2D eigenvalue weighted by atomic mass is 10.0. The summed E-state index contributed by atoms with van der Waals surface area (Å²) in [6.45, 7) is 0.175. The Morgan fingerprint density at radius 1 is 0.966 bits per heavy atom. The van der Waals surface area contributed by atoms with Crippen LogP contribution in [-0.2, 0) is 9.53 Å². The van der Waals surface area contributed by atoms with Gasteiger partial charge in [-0.2, -0.15) is 0 Å². The van der Waals surface area contributed by atoms with Crippen LogP contribution in [0.5, 0.6) is 11.5 Å². The van der Waals surface area contributed by atoms with Crippen molar-refractivity contribution < 1.29 is 24.5 Å². The Morgan fingerprint density at radius 3 is 2.38 bits per heavy atom. The minimum absolute atomic E-state index is 0.0999. The zero-order chi connectivity index (χ0) is 20.6. The second-order valence-electron chi connectivity index (χ2n) is 6.36. The van der Waals surface area contributed by atoms with E-state index >= 15 is 0 Å². The molecule has 0 spiro atoms. The van der Waals surface area contributed by atoms with Gasteiger partial charge in [0, 0.05) is 12.7 Å². The van der Waals surface area contributed by atoms with Gasteiger partial charge in [-0.3, -0.25) is 0 Å². The molecule has 3 aromatic carbocycles. The van der Waals surface area contributed by atoms with Gasteiger partial charge in [0.25, 0.3) is 0 Å². The first-order valence-electron chi connectivity index (χ1n) is 9.12. The van der Waals surface area contributed by atoms with Crippen LogP contribution in [0.25, 0.3) is 5.57 Å². The number of aliphatic hydroxyl groups is 1. The highest BCUT2D eigenvalue weighted by atomic mass is 16.5. The topological polar surface area (TPSA) is 76.0 Å². The van der Waals surface area contributed by atoms with E-state index in [-0.39, 0.29) is 12.2 Å². The van der Waals surface area contributed by atoms with Crippen molar-refractivity contribution >= 4 is 11.5 Å². The molecule has 0 fully saturated rings. The summed E-state index contributed by atoms with van der Waals surface area (Å²) in [7, 11) is 1.50. The SMILES string of the molecule is COC/C=C(/C(=O)O)c1ccccc1Oc1cccc(C(O)c2ccccc2)c1. The monoisotopic (exact) mass is 390 g/mol. The number of rotatable bonds is 8. The van der Waals surface area contributed by atoms with Gasteiger partial charge in [0.05, 0.1) is 12.2 Å². The number of carbonyl (C=O) groups is 1. The Kier molecular flexibility index (Phi) is 6.79. The lowest BCUT2D eigenvalue weighted by Crippen LogP contribution is -2.03. The summed E-state index contributed by atoms with van der Waals surface area (Å²) in [5.74, 6) is -0.156. The van der Waals surface area contributed by atoms with Crippen LogP contribution >= 0.6 is 0 Å². The lowest BCUT2D eigenvalue weighted by molar-refractivity contribution is -0.130. The van der Waals surface area contributed by atoms with Gasteiger partial charge in [-0.05, 0) is 35.4 Å². The Labute approximate surface area is 169 Å². The number of ether oxygens (including phenoxy) is 2. The van der Waals surface area contributed by atoms with Gasteiger partial charge in [0.1, 0.15) is 17.6 Å². The second kappa shape index (κ2) is 9.68. The van der Waals surface area contributed by atoms with Crippen LogP contribution in [-0.4, -0.2) is 29.9 Å². The minimum Gasteiger partial charge on any atom is -0.478 e. The Morgan fingerprint density at radius 2 is 1.66 bits per heavy atom. The summed E-state index contributed by atoms with van der Waals surface area (Å²) in [6.07, 6.45) is 0.714. The molecular formula is C24H22O5. The van der Waals surface area contributed by atoms with Gasteiger partial charge in [0.15, 0.2) is 0 Å². The number of para-hydroxylation sites is 1.